The van der Waals surface area contributed by atoms with Crippen LogP contribution < -0.4 is 0 Å². The van der Waals surface area contributed by atoms with Gasteiger partial charge >= 0.3 is 0 Å². The van der Waals surface area contributed by atoms with Crippen LogP contribution in [0.3, 0.4) is 0 Å². The van der Waals surface area contributed by atoms with Gasteiger partial charge in [-0.15, -0.1) is 0 Å². The molecule has 0 N–H and O–H groups in total. The van der Waals surface area contributed by atoms with Crippen LogP contribution in [0.4, 0.5) is 4.39 Å². The lowest BCUT2D eigenvalue weighted by atomic mass is 9.75. The Balaban J connectivity index is 1.43. The summed E-state index contributed by atoms with van der Waals surface area (Å²) in [5.41, 5.74) is 0.940. The van der Waals surface area contributed by atoms with Crippen LogP contribution in [0.2, 0.25) is 0 Å². The summed E-state index contributed by atoms with van der Waals surface area (Å²) in [5, 5.41) is 0. The molecule has 1 spiro atoms. The summed E-state index contributed by atoms with van der Waals surface area (Å²) < 4.78 is 13.5. The molecule has 1 atom stereocenters. The number of amides is 2. The van der Waals surface area contributed by atoms with Crippen molar-refractivity contribution in [2.45, 2.75) is 31.7 Å². The van der Waals surface area contributed by atoms with E-state index in [9.17, 15) is 14.0 Å². The molecule has 2 aliphatic rings. The number of pyridine rings is 1. The SMILES string of the molecule is CN1C(=O)C2(CCN(C(=O)c3ccccn3)CC2)CC1Cc1cccc(F)c1. The predicted molar refractivity (Wildman–Crippen MR) is 103 cm³/mol. The van der Waals surface area contributed by atoms with Crippen LogP contribution in [0.5, 0.6) is 0 Å². The summed E-state index contributed by atoms with van der Waals surface area (Å²) in [6, 6.07) is 12.0. The van der Waals surface area contributed by atoms with Gasteiger partial charge in [-0.3, -0.25) is 14.6 Å². The van der Waals surface area contributed by atoms with Crippen molar-refractivity contribution < 1.29 is 14.0 Å². The van der Waals surface area contributed by atoms with Crippen LogP contribution in [-0.2, 0) is 11.2 Å². The van der Waals surface area contributed by atoms with Gasteiger partial charge in [0.15, 0.2) is 0 Å². The Morgan fingerprint density at radius 2 is 2.00 bits per heavy atom. The van der Waals surface area contributed by atoms with Crippen LogP contribution in [0.15, 0.2) is 48.7 Å². The number of hydrogen-bond donors (Lipinski definition) is 0. The molecule has 28 heavy (non-hydrogen) atoms. The van der Waals surface area contributed by atoms with Gasteiger partial charge in [-0.05, 0) is 55.5 Å². The number of rotatable bonds is 3. The van der Waals surface area contributed by atoms with Gasteiger partial charge in [0, 0.05) is 32.4 Å². The van der Waals surface area contributed by atoms with E-state index < -0.39 is 5.41 Å². The zero-order chi connectivity index (χ0) is 19.7. The second kappa shape index (κ2) is 7.34. The first-order valence-electron chi connectivity index (χ1n) is 9.70. The van der Waals surface area contributed by atoms with E-state index >= 15 is 0 Å². The third-order valence-electron chi connectivity index (χ3n) is 6.20. The third-order valence-corrected chi connectivity index (χ3v) is 6.20. The van der Waals surface area contributed by atoms with Crippen molar-refractivity contribution in [3.05, 3.63) is 65.7 Å². The molecule has 3 heterocycles. The van der Waals surface area contributed by atoms with E-state index in [0.29, 0.717) is 38.0 Å². The molecular weight excluding hydrogens is 357 g/mol. The Hall–Kier alpha value is -2.76. The molecule has 1 aromatic heterocycles. The molecule has 6 heteroatoms. The summed E-state index contributed by atoms with van der Waals surface area (Å²) in [6.07, 6.45) is 4.34. The van der Waals surface area contributed by atoms with Crippen LogP contribution >= 0.6 is 0 Å². The molecule has 146 valence electrons. The molecule has 1 aromatic carbocycles. The largest absolute Gasteiger partial charge is 0.342 e. The molecule has 2 fully saturated rings. The van der Waals surface area contributed by atoms with Crippen molar-refractivity contribution in [1.29, 1.82) is 0 Å². The fraction of sp³-hybridized carbons (Fsp3) is 0.409. The maximum atomic E-state index is 13.5. The summed E-state index contributed by atoms with van der Waals surface area (Å²) >= 11 is 0. The van der Waals surface area contributed by atoms with E-state index in [1.807, 2.05) is 18.0 Å². The lowest BCUT2D eigenvalue weighted by Crippen LogP contribution is -2.46. The van der Waals surface area contributed by atoms with Crippen LogP contribution in [0.25, 0.3) is 0 Å². The lowest BCUT2D eigenvalue weighted by molar-refractivity contribution is -0.137. The number of likely N-dealkylation sites (N-methyl/N-ethyl adjacent to an activating group) is 1. The fourth-order valence-electron chi connectivity index (χ4n) is 4.57. The normalized spacial score (nSPS) is 21.4. The molecule has 0 bridgehead atoms. The Bertz CT molecular complexity index is 878. The van der Waals surface area contributed by atoms with E-state index in [2.05, 4.69) is 4.98 Å². The van der Waals surface area contributed by atoms with Gasteiger partial charge in [-0.1, -0.05) is 18.2 Å². The van der Waals surface area contributed by atoms with Crippen LogP contribution in [-0.4, -0.2) is 52.8 Å². The summed E-state index contributed by atoms with van der Waals surface area (Å²) in [7, 11) is 1.84. The highest BCUT2D eigenvalue weighted by Gasteiger charge is 2.51. The number of halogens is 1. The standard InChI is InChI=1S/C22H24FN3O2/c1-25-18(14-16-5-4-6-17(23)13-16)15-22(21(25)28)8-11-26(12-9-22)20(27)19-7-2-3-10-24-19/h2-7,10,13,18H,8-9,11-12,14-15H2,1H3. The van der Waals surface area contributed by atoms with Crippen molar-refractivity contribution in [3.8, 4) is 0 Å². The van der Waals surface area contributed by atoms with Gasteiger partial charge in [-0.25, -0.2) is 4.39 Å². The average molecular weight is 381 g/mol. The number of aromatic nitrogens is 1. The second-order valence-electron chi connectivity index (χ2n) is 7.90. The maximum Gasteiger partial charge on any atom is 0.272 e. The highest BCUT2D eigenvalue weighted by Crippen LogP contribution is 2.44. The van der Waals surface area contributed by atoms with E-state index in [1.165, 1.54) is 12.1 Å². The number of benzene rings is 1. The summed E-state index contributed by atoms with van der Waals surface area (Å²) in [6.45, 7) is 1.11. The van der Waals surface area contributed by atoms with Crippen molar-refractivity contribution in [3.63, 3.8) is 0 Å². The quantitative estimate of drug-likeness (QED) is 0.822. The number of nitrogens with zero attached hydrogens (tertiary/aromatic N) is 3. The van der Waals surface area contributed by atoms with Gasteiger partial charge in [0.05, 0.1) is 5.41 Å². The van der Waals surface area contributed by atoms with Gasteiger partial charge in [0.1, 0.15) is 11.5 Å². The molecule has 0 radical (unpaired) electrons. The summed E-state index contributed by atoms with van der Waals surface area (Å²) in [4.78, 5) is 33.4. The first-order valence-corrected chi connectivity index (χ1v) is 9.70. The molecule has 0 aliphatic carbocycles. The topological polar surface area (TPSA) is 53.5 Å². The van der Waals surface area contributed by atoms with Crippen molar-refractivity contribution in [1.82, 2.24) is 14.8 Å². The zero-order valence-electron chi connectivity index (χ0n) is 16.0. The van der Waals surface area contributed by atoms with Gasteiger partial charge in [0.2, 0.25) is 5.91 Å². The third kappa shape index (κ3) is 3.39. The Kier molecular flexibility index (Phi) is 4.87. The second-order valence-corrected chi connectivity index (χ2v) is 7.90. The molecule has 2 amide bonds. The van der Waals surface area contributed by atoms with Crippen molar-refractivity contribution >= 4 is 11.8 Å². The minimum atomic E-state index is -0.409. The molecular formula is C22H24FN3O2. The van der Waals surface area contributed by atoms with E-state index in [1.54, 1.807) is 35.4 Å². The first kappa shape index (κ1) is 18.6. The molecule has 1 unspecified atom stereocenters. The molecule has 2 aliphatic heterocycles. The first-order chi connectivity index (χ1) is 13.5. The van der Waals surface area contributed by atoms with Crippen molar-refractivity contribution in [2.75, 3.05) is 20.1 Å². The zero-order valence-corrected chi connectivity index (χ0v) is 16.0. The lowest BCUT2D eigenvalue weighted by Gasteiger charge is -2.37. The smallest absolute Gasteiger partial charge is 0.272 e. The predicted octanol–water partition coefficient (Wildman–Crippen LogP) is 2.92. The van der Waals surface area contributed by atoms with Gasteiger partial charge in [-0.2, -0.15) is 0 Å². The van der Waals surface area contributed by atoms with Crippen LogP contribution in [0.1, 0.15) is 35.3 Å². The van der Waals surface area contributed by atoms with Crippen LogP contribution in [0, 0.1) is 11.2 Å². The minimum absolute atomic E-state index is 0.0624. The Morgan fingerprint density at radius 1 is 1.21 bits per heavy atom. The average Bonchev–Trinajstić information content (AvgIpc) is 2.93. The molecule has 5 nitrogen and oxygen atoms in total. The highest BCUT2D eigenvalue weighted by molar-refractivity contribution is 5.92. The van der Waals surface area contributed by atoms with Crippen molar-refractivity contribution in [2.24, 2.45) is 5.41 Å². The molecule has 4 rings (SSSR count). The number of likely N-dealkylation sites (tertiary alicyclic amines) is 2. The van der Waals surface area contributed by atoms with E-state index in [4.69, 9.17) is 0 Å². The number of piperidine rings is 1. The number of hydrogen-bond acceptors (Lipinski definition) is 3. The maximum absolute atomic E-state index is 13.5. The fourth-order valence-corrected chi connectivity index (χ4v) is 4.57. The molecule has 2 saturated heterocycles. The van der Waals surface area contributed by atoms with Gasteiger partial charge in [0.25, 0.3) is 5.91 Å². The molecule has 0 saturated carbocycles. The minimum Gasteiger partial charge on any atom is -0.342 e. The van der Waals surface area contributed by atoms with E-state index in [-0.39, 0.29) is 23.7 Å². The molecule has 2 aromatic rings. The number of carbonyl (C=O) groups is 2. The monoisotopic (exact) mass is 381 g/mol. The number of carbonyl (C=O) groups excluding carboxylic acids is 2. The summed E-state index contributed by atoms with van der Waals surface area (Å²) in [5.74, 6) is -0.176. The Labute approximate surface area is 164 Å². The highest BCUT2D eigenvalue weighted by atomic mass is 19.1. The van der Waals surface area contributed by atoms with Gasteiger partial charge < -0.3 is 9.80 Å². The van der Waals surface area contributed by atoms with E-state index in [0.717, 1.165) is 12.0 Å². The Morgan fingerprint density at radius 3 is 2.68 bits per heavy atom.